The standard InChI is InChI=1S/C13H22N2O5/c1-4-20-9(16)8-14-12(19)15-7-5-6-13(2,3)10(15)11(17)18/h10H,4-8H2,1-3H3,(H,14,19)(H,17,18). The zero-order valence-corrected chi connectivity index (χ0v) is 12.1. The second-order valence-electron chi connectivity index (χ2n) is 5.49. The molecule has 7 nitrogen and oxygen atoms in total. The molecule has 0 aromatic rings. The summed E-state index contributed by atoms with van der Waals surface area (Å²) in [5.41, 5.74) is -0.495. The van der Waals surface area contributed by atoms with Crippen molar-refractivity contribution in [2.75, 3.05) is 19.7 Å². The van der Waals surface area contributed by atoms with E-state index in [1.54, 1.807) is 6.92 Å². The Hall–Kier alpha value is -1.79. The summed E-state index contributed by atoms with van der Waals surface area (Å²) < 4.78 is 4.71. The first kappa shape index (κ1) is 16.3. The Labute approximate surface area is 118 Å². The molecule has 1 rings (SSSR count). The fourth-order valence-electron chi connectivity index (χ4n) is 2.54. The molecule has 2 amide bonds. The van der Waals surface area contributed by atoms with Gasteiger partial charge in [-0.25, -0.2) is 9.59 Å². The van der Waals surface area contributed by atoms with Crippen LogP contribution in [0, 0.1) is 5.41 Å². The maximum Gasteiger partial charge on any atom is 0.327 e. The van der Waals surface area contributed by atoms with Crippen LogP contribution in [0.15, 0.2) is 0 Å². The number of likely N-dealkylation sites (tertiary alicyclic amines) is 1. The maximum absolute atomic E-state index is 12.1. The number of esters is 1. The Balaban J connectivity index is 2.69. The van der Waals surface area contributed by atoms with Gasteiger partial charge in [-0.05, 0) is 25.2 Å². The first-order valence-electron chi connectivity index (χ1n) is 6.72. The van der Waals surface area contributed by atoms with Crippen molar-refractivity contribution in [2.45, 2.75) is 39.7 Å². The van der Waals surface area contributed by atoms with Crippen LogP contribution in [-0.2, 0) is 14.3 Å². The quantitative estimate of drug-likeness (QED) is 0.746. The fraction of sp³-hybridized carbons (Fsp3) is 0.769. The summed E-state index contributed by atoms with van der Waals surface area (Å²) in [5, 5.41) is 11.8. The summed E-state index contributed by atoms with van der Waals surface area (Å²) in [6.07, 6.45) is 1.48. The number of aliphatic carboxylic acids is 1. The average Bonchev–Trinajstić information content (AvgIpc) is 2.34. The molecule has 0 radical (unpaired) electrons. The van der Waals surface area contributed by atoms with E-state index in [0.717, 1.165) is 12.8 Å². The van der Waals surface area contributed by atoms with Crippen LogP contribution in [0.1, 0.15) is 33.6 Å². The fourth-order valence-corrected chi connectivity index (χ4v) is 2.54. The number of ether oxygens (including phenoxy) is 1. The van der Waals surface area contributed by atoms with Crippen LogP contribution in [-0.4, -0.2) is 53.7 Å². The predicted octanol–water partition coefficient (Wildman–Crippen LogP) is 0.834. The second-order valence-corrected chi connectivity index (χ2v) is 5.49. The molecule has 1 unspecified atom stereocenters. The molecule has 0 bridgehead atoms. The van der Waals surface area contributed by atoms with Crippen molar-refractivity contribution >= 4 is 18.0 Å². The van der Waals surface area contributed by atoms with Gasteiger partial charge in [-0.15, -0.1) is 0 Å². The van der Waals surface area contributed by atoms with Crippen molar-refractivity contribution in [1.29, 1.82) is 0 Å². The summed E-state index contributed by atoms with van der Waals surface area (Å²) in [6, 6.07) is -1.43. The molecule has 0 aromatic heterocycles. The molecule has 1 heterocycles. The summed E-state index contributed by atoms with van der Waals surface area (Å²) >= 11 is 0. The van der Waals surface area contributed by atoms with Crippen LogP contribution in [0.3, 0.4) is 0 Å². The smallest absolute Gasteiger partial charge is 0.327 e. The molecule has 0 saturated carbocycles. The summed E-state index contributed by atoms with van der Waals surface area (Å²) in [5.74, 6) is -1.56. The molecule has 0 spiro atoms. The number of nitrogens with one attached hydrogen (secondary N) is 1. The highest BCUT2D eigenvalue weighted by Gasteiger charge is 2.44. The largest absolute Gasteiger partial charge is 0.480 e. The number of carbonyl (C=O) groups excluding carboxylic acids is 2. The summed E-state index contributed by atoms with van der Waals surface area (Å²) in [6.45, 7) is 5.69. The van der Waals surface area contributed by atoms with Crippen molar-refractivity contribution in [3.63, 3.8) is 0 Å². The van der Waals surface area contributed by atoms with E-state index in [-0.39, 0.29) is 13.2 Å². The summed E-state index contributed by atoms with van der Waals surface area (Å²) in [7, 11) is 0. The van der Waals surface area contributed by atoms with E-state index < -0.39 is 29.4 Å². The van der Waals surface area contributed by atoms with E-state index >= 15 is 0 Å². The van der Waals surface area contributed by atoms with Gasteiger partial charge in [0.05, 0.1) is 6.61 Å². The van der Waals surface area contributed by atoms with Gasteiger partial charge in [0.1, 0.15) is 12.6 Å². The number of carboxylic acids is 1. The van der Waals surface area contributed by atoms with Gasteiger partial charge < -0.3 is 20.1 Å². The number of urea groups is 1. The normalized spacial score (nSPS) is 21.1. The molecule has 7 heteroatoms. The van der Waals surface area contributed by atoms with Gasteiger partial charge in [-0.3, -0.25) is 4.79 Å². The number of amides is 2. The van der Waals surface area contributed by atoms with Gasteiger partial charge in [-0.2, -0.15) is 0 Å². The number of carboxylic acid groups (broad SMARTS) is 1. The molecular formula is C13H22N2O5. The minimum Gasteiger partial charge on any atom is -0.480 e. The van der Waals surface area contributed by atoms with Crippen molar-refractivity contribution < 1.29 is 24.2 Å². The molecule has 1 atom stereocenters. The third kappa shape index (κ3) is 3.85. The number of nitrogens with zero attached hydrogens (tertiary/aromatic N) is 1. The molecule has 20 heavy (non-hydrogen) atoms. The van der Waals surface area contributed by atoms with Crippen molar-refractivity contribution in [3.8, 4) is 0 Å². The lowest BCUT2D eigenvalue weighted by Gasteiger charge is -2.43. The second kappa shape index (κ2) is 6.58. The number of carbonyl (C=O) groups is 3. The monoisotopic (exact) mass is 286 g/mol. The zero-order chi connectivity index (χ0) is 15.3. The highest BCUT2D eigenvalue weighted by Crippen LogP contribution is 2.35. The van der Waals surface area contributed by atoms with Crippen LogP contribution in [0.5, 0.6) is 0 Å². The van der Waals surface area contributed by atoms with Crippen molar-refractivity contribution in [1.82, 2.24) is 10.2 Å². The summed E-state index contributed by atoms with van der Waals surface area (Å²) in [4.78, 5) is 35.9. The minimum atomic E-state index is -1.03. The molecule has 0 aliphatic carbocycles. The predicted molar refractivity (Wildman–Crippen MR) is 71.2 cm³/mol. The molecule has 1 saturated heterocycles. The van der Waals surface area contributed by atoms with Gasteiger partial charge in [0.15, 0.2) is 0 Å². The van der Waals surface area contributed by atoms with E-state index in [9.17, 15) is 19.5 Å². The lowest BCUT2D eigenvalue weighted by molar-refractivity contribution is -0.148. The Kier molecular flexibility index (Phi) is 5.35. The highest BCUT2D eigenvalue weighted by atomic mass is 16.5. The lowest BCUT2D eigenvalue weighted by atomic mass is 9.76. The van der Waals surface area contributed by atoms with Crippen LogP contribution >= 0.6 is 0 Å². The van der Waals surface area contributed by atoms with Crippen LogP contribution < -0.4 is 5.32 Å². The van der Waals surface area contributed by atoms with E-state index in [0.29, 0.717) is 6.54 Å². The van der Waals surface area contributed by atoms with Gasteiger partial charge >= 0.3 is 18.0 Å². The molecule has 114 valence electrons. The van der Waals surface area contributed by atoms with Gasteiger partial charge in [0.2, 0.25) is 0 Å². The first-order chi connectivity index (χ1) is 9.29. The molecule has 1 aliphatic heterocycles. The number of hydrogen-bond donors (Lipinski definition) is 2. The lowest BCUT2D eigenvalue weighted by Crippen LogP contribution is -2.59. The van der Waals surface area contributed by atoms with Gasteiger partial charge in [0, 0.05) is 6.54 Å². The highest BCUT2D eigenvalue weighted by molar-refractivity contribution is 5.85. The zero-order valence-electron chi connectivity index (χ0n) is 12.1. The van der Waals surface area contributed by atoms with E-state index in [1.165, 1.54) is 4.90 Å². The molecule has 1 aliphatic rings. The van der Waals surface area contributed by atoms with Crippen molar-refractivity contribution in [3.05, 3.63) is 0 Å². The van der Waals surface area contributed by atoms with E-state index in [2.05, 4.69) is 5.32 Å². The van der Waals surface area contributed by atoms with Crippen molar-refractivity contribution in [2.24, 2.45) is 5.41 Å². The van der Waals surface area contributed by atoms with Crippen LogP contribution in [0.25, 0.3) is 0 Å². The molecule has 1 fully saturated rings. The third-order valence-electron chi connectivity index (χ3n) is 3.46. The van der Waals surface area contributed by atoms with Gasteiger partial charge in [-0.1, -0.05) is 13.8 Å². The van der Waals surface area contributed by atoms with Crippen LogP contribution in [0.2, 0.25) is 0 Å². The molecular weight excluding hydrogens is 264 g/mol. The Morgan fingerprint density at radius 2 is 2.05 bits per heavy atom. The molecule has 0 aromatic carbocycles. The van der Waals surface area contributed by atoms with E-state index in [4.69, 9.17) is 4.74 Å². The topological polar surface area (TPSA) is 95.9 Å². The van der Waals surface area contributed by atoms with E-state index in [1.807, 2.05) is 13.8 Å². The Bertz CT molecular complexity index is 394. The maximum atomic E-state index is 12.1. The Morgan fingerprint density at radius 3 is 2.60 bits per heavy atom. The van der Waals surface area contributed by atoms with Crippen LogP contribution in [0.4, 0.5) is 4.79 Å². The minimum absolute atomic E-state index is 0.239. The average molecular weight is 286 g/mol. The Morgan fingerprint density at radius 1 is 1.40 bits per heavy atom. The number of rotatable bonds is 4. The number of hydrogen-bond acceptors (Lipinski definition) is 4. The van der Waals surface area contributed by atoms with Gasteiger partial charge in [0.25, 0.3) is 0 Å². The SMILES string of the molecule is CCOC(=O)CNC(=O)N1CCCC(C)(C)C1C(=O)O. The first-order valence-corrected chi connectivity index (χ1v) is 6.72. The number of piperidine rings is 1. The molecule has 2 N–H and O–H groups in total. The third-order valence-corrected chi connectivity index (χ3v) is 3.46.